The molecule has 29 heavy (non-hydrogen) atoms. The molecular weight excluding hydrogens is 425 g/mol. The lowest BCUT2D eigenvalue weighted by Gasteiger charge is -2.14. The van der Waals surface area contributed by atoms with Crippen molar-refractivity contribution in [2.75, 3.05) is 12.1 Å². The van der Waals surface area contributed by atoms with Crippen LogP contribution in [0.4, 0.5) is 5.82 Å². The molecule has 0 bridgehead atoms. The molecule has 0 amide bonds. The molecule has 0 unspecified atom stereocenters. The lowest BCUT2D eigenvalue weighted by atomic mass is 10.4. The highest BCUT2D eigenvalue weighted by atomic mass is 32.2. The van der Waals surface area contributed by atoms with Gasteiger partial charge in [0.05, 0.1) is 23.9 Å². The normalized spacial score (nSPS) is 13.0. The number of fused-ring (bicyclic) bond motifs is 1. The Labute approximate surface area is 166 Å². The molecule has 0 saturated heterocycles. The van der Waals surface area contributed by atoms with Crippen molar-refractivity contribution in [1.29, 1.82) is 0 Å². The molecule has 0 fully saturated rings. The van der Waals surface area contributed by atoms with Gasteiger partial charge in [-0.25, -0.2) is 15.0 Å². The first kappa shape index (κ1) is 22.9. The predicted octanol–water partition coefficient (Wildman–Crippen LogP) is 0.882. The van der Waals surface area contributed by atoms with E-state index in [1.807, 2.05) is 0 Å². The van der Waals surface area contributed by atoms with Gasteiger partial charge in [-0.2, -0.15) is 8.42 Å². The molecule has 3 aromatic rings. The maximum atomic E-state index is 10.7. The number of imidazole rings is 1. The third-order valence-corrected chi connectivity index (χ3v) is 4.80. The number of ether oxygens (including phenoxy) is 1. The molecule has 0 aliphatic rings. The second-order valence-electron chi connectivity index (χ2n) is 5.89. The molecule has 0 aliphatic heterocycles. The van der Waals surface area contributed by atoms with Crippen LogP contribution in [0.1, 0.15) is 6.92 Å². The zero-order valence-electron chi connectivity index (χ0n) is 15.2. The molecule has 5 N–H and O–H groups in total. The number of nitrogens with zero attached hydrogens (tertiary/aromatic N) is 4. The lowest BCUT2D eigenvalue weighted by molar-refractivity contribution is 0.0764. The van der Waals surface area contributed by atoms with E-state index in [2.05, 4.69) is 15.0 Å². The molecule has 158 valence electrons. The van der Waals surface area contributed by atoms with Crippen LogP contribution in [-0.4, -0.2) is 54.7 Å². The molecule has 1 atom stereocenters. The number of nitrogens with two attached hydrogens (primary N) is 1. The van der Waals surface area contributed by atoms with E-state index in [0.717, 1.165) is 0 Å². The summed E-state index contributed by atoms with van der Waals surface area (Å²) in [5, 5.41) is 0. The molecular formula is C15H20N5O7PS. The van der Waals surface area contributed by atoms with Gasteiger partial charge < -0.3 is 24.8 Å². The standard InChI is InChI=1S/C9H14N5O4P.C6H6O3S/c1-6(18-5-19(15,16)17)2-14-4-13-7-8(10)11-3-12-9(7)14;7-10(8,9)6-4-2-1-3-5-6/h3-4,6H,2,5H2,1H3,(H2,10,11,12)(H2,15,16,17);1-5H,(H,7,8,9)/t6-;/m0./s1. The summed E-state index contributed by atoms with van der Waals surface area (Å²) < 4.78 is 46.7. The number of anilines is 1. The zero-order valence-corrected chi connectivity index (χ0v) is 16.9. The Kier molecular flexibility index (Phi) is 7.41. The quantitative estimate of drug-likeness (QED) is 0.311. The first-order valence-corrected chi connectivity index (χ1v) is 11.3. The van der Waals surface area contributed by atoms with Crippen LogP contribution in [-0.2, 0) is 26.0 Å². The number of hydrogen-bond donors (Lipinski definition) is 4. The molecule has 0 spiro atoms. The van der Waals surface area contributed by atoms with Crippen LogP contribution in [0.25, 0.3) is 11.2 Å². The fourth-order valence-corrected chi connectivity index (χ4v) is 3.13. The Morgan fingerprint density at radius 1 is 1.21 bits per heavy atom. The monoisotopic (exact) mass is 445 g/mol. The van der Waals surface area contributed by atoms with Gasteiger partial charge in [-0.3, -0.25) is 9.12 Å². The molecule has 1 aromatic carbocycles. The molecule has 0 radical (unpaired) electrons. The van der Waals surface area contributed by atoms with Crippen molar-refractivity contribution in [2.45, 2.75) is 24.5 Å². The summed E-state index contributed by atoms with van der Waals surface area (Å²) in [5.74, 6) is 0.285. The third kappa shape index (κ3) is 7.16. The number of aromatic nitrogens is 4. The van der Waals surface area contributed by atoms with Gasteiger partial charge in [0.1, 0.15) is 18.2 Å². The minimum atomic E-state index is -4.16. The summed E-state index contributed by atoms with van der Waals surface area (Å²) in [6, 6.07) is 7.42. The van der Waals surface area contributed by atoms with Crippen molar-refractivity contribution in [2.24, 2.45) is 0 Å². The van der Waals surface area contributed by atoms with Crippen LogP contribution >= 0.6 is 7.60 Å². The highest BCUT2D eigenvalue weighted by Crippen LogP contribution is 2.34. The zero-order chi connectivity index (χ0) is 21.7. The van der Waals surface area contributed by atoms with E-state index in [0.29, 0.717) is 17.7 Å². The summed E-state index contributed by atoms with van der Waals surface area (Å²) >= 11 is 0. The van der Waals surface area contributed by atoms with Gasteiger partial charge in [0.2, 0.25) is 0 Å². The van der Waals surface area contributed by atoms with Gasteiger partial charge in [-0.1, -0.05) is 18.2 Å². The molecule has 3 rings (SSSR count). The fraction of sp³-hybridized carbons (Fsp3) is 0.267. The number of rotatable bonds is 6. The van der Waals surface area contributed by atoms with E-state index in [9.17, 15) is 13.0 Å². The summed E-state index contributed by atoms with van der Waals surface area (Å²) in [6.07, 6.45) is 1.85. The third-order valence-electron chi connectivity index (χ3n) is 3.45. The molecule has 0 saturated carbocycles. The van der Waals surface area contributed by atoms with Gasteiger partial charge in [-0.05, 0) is 19.1 Å². The van der Waals surface area contributed by atoms with Crippen LogP contribution in [0.2, 0.25) is 0 Å². The minimum Gasteiger partial charge on any atom is -0.382 e. The summed E-state index contributed by atoms with van der Waals surface area (Å²) in [6.45, 7) is 2.05. The fourth-order valence-electron chi connectivity index (χ4n) is 2.18. The van der Waals surface area contributed by atoms with Crippen molar-refractivity contribution in [3.63, 3.8) is 0 Å². The molecule has 2 aromatic heterocycles. The van der Waals surface area contributed by atoms with Gasteiger partial charge in [0, 0.05) is 0 Å². The Morgan fingerprint density at radius 2 is 1.86 bits per heavy atom. The van der Waals surface area contributed by atoms with Crippen LogP contribution in [0.15, 0.2) is 47.9 Å². The SMILES string of the molecule is C[C@@H](Cn1cnc2c(N)ncnc21)OCP(=O)(O)O.O=S(=O)(O)c1ccccc1. The lowest BCUT2D eigenvalue weighted by Crippen LogP contribution is -2.17. The average Bonchev–Trinajstić information content (AvgIpc) is 3.04. The largest absolute Gasteiger partial charge is 0.382 e. The van der Waals surface area contributed by atoms with E-state index in [4.69, 9.17) is 24.8 Å². The average molecular weight is 445 g/mol. The Morgan fingerprint density at radius 3 is 2.41 bits per heavy atom. The van der Waals surface area contributed by atoms with Gasteiger partial charge in [-0.15, -0.1) is 0 Å². The molecule has 14 heteroatoms. The highest BCUT2D eigenvalue weighted by molar-refractivity contribution is 7.85. The number of nitrogen functional groups attached to an aromatic ring is 1. The summed E-state index contributed by atoms with van der Waals surface area (Å²) in [4.78, 5) is 29.4. The van der Waals surface area contributed by atoms with E-state index < -0.39 is 30.2 Å². The van der Waals surface area contributed by atoms with Gasteiger partial charge in [0.25, 0.3) is 10.1 Å². The van der Waals surface area contributed by atoms with Gasteiger partial charge >= 0.3 is 7.60 Å². The molecule has 0 aliphatic carbocycles. The highest BCUT2D eigenvalue weighted by Gasteiger charge is 2.17. The Balaban J connectivity index is 0.000000253. The van der Waals surface area contributed by atoms with Crippen molar-refractivity contribution < 1.29 is 32.1 Å². The minimum absolute atomic E-state index is 0.0741. The molecule has 12 nitrogen and oxygen atoms in total. The van der Waals surface area contributed by atoms with E-state index >= 15 is 0 Å². The maximum Gasteiger partial charge on any atom is 0.350 e. The van der Waals surface area contributed by atoms with E-state index in [1.54, 1.807) is 29.7 Å². The molecule has 2 heterocycles. The Bertz CT molecular complexity index is 1100. The van der Waals surface area contributed by atoms with Crippen LogP contribution in [0, 0.1) is 0 Å². The first-order valence-electron chi connectivity index (χ1n) is 8.07. The smallest absolute Gasteiger partial charge is 0.350 e. The number of benzene rings is 1. The number of hydrogen-bond acceptors (Lipinski definition) is 8. The second kappa shape index (κ2) is 9.39. The maximum absolute atomic E-state index is 10.7. The van der Waals surface area contributed by atoms with Crippen molar-refractivity contribution in [3.8, 4) is 0 Å². The van der Waals surface area contributed by atoms with Gasteiger partial charge in [0.15, 0.2) is 11.5 Å². The van der Waals surface area contributed by atoms with E-state index in [-0.39, 0.29) is 10.7 Å². The van der Waals surface area contributed by atoms with Crippen molar-refractivity contribution in [1.82, 2.24) is 19.5 Å². The summed E-state index contributed by atoms with van der Waals surface area (Å²) in [7, 11) is -8.16. The van der Waals surface area contributed by atoms with Crippen molar-refractivity contribution >= 4 is 34.7 Å². The van der Waals surface area contributed by atoms with Crippen LogP contribution in [0.5, 0.6) is 0 Å². The predicted molar refractivity (Wildman–Crippen MR) is 103 cm³/mol. The van der Waals surface area contributed by atoms with E-state index in [1.165, 1.54) is 24.8 Å². The Hall–Kier alpha value is -2.41. The van der Waals surface area contributed by atoms with Crippen LogP contribution < -0.4 is 5.73 Å². The topological polar surface area (TPSA) is 191 Å². The van der Waals surface area contributed by atoms with Crippen molar-refractivity contribution in [3.05, 3.63) is 43.0 Å². The second-order valence-corrected chi connectivity index (χ2v) is 8.90. The first-order chi connectivity index (χ1) is 13.5. The van der Waals surface area contributed by atoms with Crippen LogP contribution in [0.3, 0.4) is 0 Å². The summed E-state index contributed by atoms with van der Waals surface area (Å²) in [5.41, 5.74) is 6.70.